The Hall–Kier alpha value is -1.61. The molecule has 21 heavy (non-hydrogen) atoms. The Bertz CT molecular complexity index is 564. The molecule has 0 saturated heterocycles. The summed E-state index contributed by atoms with van der Waals surface area (Å²) >= 11 is 0. The number of aromatic nitrogens is 2. The van der Waals surface area contributed by atoms with Gasteiger partial charge in [-0.3, -0.25) is 4.68 Å². The molecule has 0 aliphatic heterocycles. The van der Waals surface area contributed by atoms with Crippen LogP contribution in [-0.2, 0) is 20.0 Å². The Morgan fingerprint density at radius 2 is 1.86 bits per heavy atom. The number of hydrogen-bond acceptors (Lipinski definition) is 2. The summed E-state index contributed by atoms with van der Waals surface area (Å²) in [7, 11) is 1.99. The highest BCUT2D eigenvalue weighted by Gasteiger charge is 2.25. The molecule has 3 nitrogen and oxygen atoms in total. The van der Waals surface area contributed by atoms with Gasteiger partial charge >= 0.3 is 0 Å². The number of aryl methyl sites for hydroxylation is 2. The lowest BCUT2D eigenvalue weighted by atomic mass is 9.82. The van der Waals surface area contributed by atoms with E-state index in [-0.39, 0.29) is 5.41 Å². The summed E-state index contributed by atoms with van der Waals surface area (Å²) in [5, 5.41) is 8.25. The number of hydrogen-bond donors (Lipinski definition) is 1. The van der Waals surface area contributed by atoms with Gasteiger partial charge in [0.25, 0.3) is 0 Å². The minimum absolute atomic E-state index is 0.163. The van der Waals surface area contributed by atoms with Gasteiger partial charge in [-0.1, -0.05) is 58.0 Å². The van der Waals surface area contributed by atoms with Crippen molar-refractivity contribution in [3.63, 3.8) is 0 Å². The zero-order valence-electron chi connectivity index (χ0n) is 13.9. The second kappa shape index (κ2) is 6.44. The van der Waals surface area contributed by atoms with Gasteiger partial charge in [0, 0.05) is 31.4 Å². The summed E-state index contributed by atoms with van der Waals surface area (Å²) in [4.78, 5) is 0. The van der Waals surface area contributed by atoms with Gasteiger partial charge in [-0.25, -0.2) is 0 Å². The highest BCUT2D eigenvalue weighted by atomic mass is 15.3. The molecule has 0 amide bonds. The highest BCUT2D eigenvalue weighted by molar-refractivity contribution is 5.22. The molecule has 1 aromatic heterocycles. The monoisotopic (exact) mass is 285 g/mol. The Labute approximate surface area is 128 Å². The van der Waals surface area contributed by atoms with E-state index < -0.39 is 0 Å². The Morgan fingerprint density at radius 3 is 2.43 bits per heavy atom. The highest BCUT2D eigenvalue weighted by Crippen LogP contribution is 2.32. The molecular formula is C18H27N3. The van der Waals surface area contributed by atoms with Gasteiger partial charge in [0.2, 0.25) is 0 Å². The van der Waals surface area contributed by atoms with E-state index >= 15 is 0 Å². The number of nitrogens with one attached hydrogen (secondary N) is 1. The van der Waals surface area contributed by atoms with E-state index in [0.29, 0.717) is 6.04 Å². The molecule has 0 radical (unpaired) electrons. The first kappa shape index (κ1) is 15.8. The molecule has 1 heterocycles. The number of nitrogens with zero attached hydrogens (tertiary/aromatic N) is 2. The quantitative estimate of drug-likeness (QED) is 0.904. The molecule has 0 aliphatic carbocycles. The Kier molecular flexibility index (Phi) is 4.84. The zero-order chi connectivity index (χ0) is 15.5. The lowest BCUT2D eigenvalue weighted by molar-refractivity contribution is 0.271. The topological polar surface area (TPSA) is 29.9 Å². The van der Waals surface area contributed by atoms with E-state index in [2.05, 4.69) is 74.6 Å². The first-order valence-electron chi connectivity index (χ1n) is 7.71. The lowest BCUT2D eigenvalue weighted by Gasteiger charge is -2.32. The van der Waals surface area contributed by atoms with Gasteiger partial charge in [0.1, 0.15) is 0 Å². The third-order valence-electron chi connectivity index (χ3n) is 3.82. The van der Waals surface area contributed by atoms with Crippen molar-refractivity contribution in [1.29, 1.82) is 0 Å². The molecule has 0 fully saturated rings. The van der Waals surface area contributed by atoms with Crippen LogP contribution >= 0.6 is 0 Å². The van der Waals surface area contributed by atoms with Crippen molar-refractivity contribution in [3.8, 4) is 0 Å². The fourth-order valence-electron chi connectivity index (χ4n) is 2.81. The molecule has 2 rings (SSSR count). The van der Waals surface area contributed by atoms with E-state index in [1.807, 2.05) is 11.7 Å². The third-order valence-corrected chi connectivity index (χ3v) is 3.82. The number of rotatable bonds is 5. The van der Waals surface area contributed by atoms with Crippen LogP contribution in [0.4, 0.5) is 0 Å². The van der Waals surface area contributed by atoms with Crippen molar-refractivity contribution in [2.24, 2.45) is 12.5 Å². The van der Waals surface area contributed by atoms with E-state index in [4.69, 9.17) is 0 Å². The average Bonchev–Trinajstić information content (AvgIpc) is 2.79. The Balaban J connectivity index is 2.17. The predicted molar refractivity (Wildman–Crippen MR) is 88.1 cm³/mol. The van der Waals surface area contributed by atoms with Crippen LogP contribution in [0.1, 0.15) is 50.6 Å². The predicted octanol–water partition coefficient (Wildman–Crippen LogP) is 3.86. The molecule has 0 spiro atoms. The van der Waals surface area contributed by atoms with Crippen LogP contribution in [-0.4, -0.2) is 9.78 Å². The second-order valence-electron chi connectivity index (χ2n) is 6.72. The molecule has 0 bridgehead atoms. The summed E-state index contributed by atoms with van der Waals surface area (Å²) < 4.78 is 1.91. The van der Waals surface area contributed by atoms with Crippen LogP contribution in [0, 0.1) is 5.41 Å². The van der Waals surface area contributed by atoms with Crippen LogP contribution in [0.5, 0.6) is 0 Å². The van der Waals surface area contributed by atoms with Crippen molar-refractivity contribution < 1.29 is 0 Å². The SMILES string of the molecule is CCc1nn(C)cc1CNC(c1ccccc1)C(C)(C)C. The Morgan fingerprint density at radius 1 is 1.19 bits per heavy atom. The molecule has 2 aromatic rings. The molecule has 1 aromatic carbocycles. The van der Waals surface area contributed by atoms with E-state index in [1.54, 1.807) is 0 Å². The maximum atomic E-state index is 4.52. The molecular weight excluding hydrogens is 258 g/mol. The fraction of sp³-hybridized carbons (Fsp3) is 0.500. The maximum absolute atomic E-state index is 4.52. The molecule has 1 atom stereocenters. The van der Waals surface area contributed by atoms with Gasteiger partial charge in [-0.2, -0.15) is 5.10 Å². The normalized spacial score (nSPS) is 13.4. The summed E-state index contributed by atoms with van der Waals surface area (Å²) in [6, 6.07) is 11.0. The van der Waals surface area contributed by atoms with Gasteiger partial charge in [0.15, 0.2) is 0 Å². The largest absolute Gasteiger partial charge is 0.305 e. The molecule has 1 N–H and O–H groups in total. The van der Waals surface area contributed by atoms with E-state index in [0.717, 1.165) is 13.0 Å². The minimum Gasteiger partial charge on any atom is -0.305 e. The van der Waals surface area contributed by atoms with Crippen molar-refractivity contribution >= 4 is 0 Å². The van der Waals surface area contributed by atoms with Crippen LogP contribution in [0.25, 0.3) is 0 Å². The number of benzene rings is 1. The van der Waals surface area contributed by atoms with Crippen molar-refractivity contribution in [1.82, 2.24) is 15.1 Å². The van der Waals surface area contributed by atoms with Crippen molar-refractivity contribution in [2.75, 3.05) is 0 Å². The minimum atomic E-state index is 0.163. The van der Waals surface area contributed by atoms with E-state index in [9.17, 15) is 0 Å². The van der Waals surface area contributed by atoms with Crippen LogP contribution in [0.3, 0.4) is 0 Å². The molecule has 1 unspecified atom stereocenters. The lowest BCUT2D eigenvalue weighted by Crippen LogP contribution is -2.32. The zero-order valence-corrected chi connectivity index (χ0v) is 13.9. The molecule has 114 valence electrons. The van der Waals surface area contributed by atoms with Gasteiger partial charge < -0.3 is 5.32 Å². The summed E-state index contributed by atoms with van der Waals surface area (Å²) in [5.74, 6) is 0. The maximum Gasteiger partial charge on any atom is 0.0666 e. The standard InChI is InChI=1S/C18H27N3/c1-6-16-15(13-21(5)20-16)12-19-17(18(2,3)4)14-10-8-7-9-11-14/h7-11,13,17,19H,6,12H2,1-5H3. The first-order chi connectivity index (χ1) is 9.91. The molecule has 3 heteroatoms. The van der Waals surface area contributed by atoms with Gasteiger partial charge in [0.05, 0.1) is 5.69 Å². The van der Waals surface area contributed by atoms with Crippen molar-refractivity contribution in [3.05, 3.63) is 53.3 Å². The van der Waals surface area contributed by atoms with Crippen LogP contribution in [0.2, 0.25) is 0 Å². The van der Waals surface area contributed by atoms with Gasteiger partial charge in [-0.05, 0) is 17.4 Å². The van der Waals surface area contributed by atoms with Crippen molar-refractivity contribution in [2.45, 2.75) is 46.7 Å². The van der Waals surface area contributed by atoms with Gasteiger partial charge in [-0.15, -0.1) is 0 Å². The van der Waals surface area contributed by atoms with E-state index in [1.165, 1.54) is 16.8 Å². The molecule has 0 saturated carbocycles. The third kappa shape index (κ3) is 3.94. The van der Waals surface area contributed by atoms with Crippen LogP contribution < -0.4 is 5.32 Å². The summed E-state index contributed by atoms with van der Waals surface area (Å²) in [5.41, 5.74) is 3.98. The second-order valence-corrected chi connectivity index (χ2v) is 6.72. The average molecular weight is 285 g/mol. The van der Waals surface area contributed by atoms with Crippen LogP contribution in [0.15, 0.2) is 36.5 Å². The first-order valence-corrected chi connectivity index (χ1v) is 7.71. The fourth-order valence-corrected chi connectivity index (χ4v) is 2.81. The molecule has 0 aliphatic rings. The smallest absolute Gasteiger partial charge is 0.0666 e. The summed E-state index contributed by atoms with van der Waals surface area (Å²) in [6.07, 6.45) is 3.10. The summed E-state index contributed by atoms with van der Waals surface area (Å²) in [6.45, 7) is 9.85.